The van der Waals surface area contributed by atoms with Crippen molar-refractivity contribution >= 4 is 29.5 Å². The number of ketones is 2. The topological polar surface area (TPSA) is 194 Å². The number of Topliss-reactive ketones (excluding diaryl/α,β-unsaturated/α-hetero) is 2. The first-order chi connectivity index (χ1) is 17.7. The van der Waals surface area contributed by atoms with Crippen molar-refractivity contribution in [2.45, 2.75) is 52.1 Å². The normalized spacial score (nSPS) is 12.6. The van der Waals surface area contributed by atoms with Crippen LogP contribution in [-0.2, 0) is 23.9 Å². The largest absolute Gasteiger partial charge is 0.493 e. The highest BCUT2D eigenvalue weighted by atomic mass is 16.5. The van der Waals surface area contributed by atoms with E-state index in [0.29, 0.717) is 12.2 Å². The maximum atomic E-state index is 12.8. The molecule has 1 aromatic rings. The van der Waals surface area contributed by atoms with Crippen LogP contribution in [0, 0.1) is 11.8 Å². The molecular formula is C26H39N3O9. The highest BCUT2D eigenvalue weighted by Gasteiger charge is 2.40. The van der Waals surface area contributed by atoms with Crippen molar-refractivity contribution in [3.63, 3.8) is 0 Å². The second kappa shape index (κ2) is 17.5. The van der Waals surface area contributed by atoms with Crippen molar-refractivity contribution in [3.05, 3.63) is 42.7 Å². The molecule has 12 heteroatoms. The lowest BCUT2D eigenvalue weighted by atomic mass is 9.90. The lowest BCUT2D eigenvalue weighted by Gasteiger charge is -2.30. The molecular weight excluding hydrogens is 498 g/mol. The van der Waals surface area contributed by atoms with Crippen LogP contribution in [0.1, 0.15) is 46.5 Å². The monoisotopic (exact) mass is 537 g/mol. The van der Waals surface area contributed by atoms with Gasteiger partial charge in [0.1, 0.15) is 5.75 Å². The van der Waals surface area contributed by atoms with Crippen LogP contribution >= 0.6 is 0 Å². The number of nitrogens with one attached hydrogen (secondary N) is 2. The van der Waals surface area contributed by atoms with Gasteiger partial charge in [0.2, 0.25) is 17.5 Å². The second-order valence-corrected chi connectivity index (χ2v) is 9.04. The first-order valence-corrected chi connectivity index (χ1v) is 12.0. The lowest BCUT2D eigenvalue weighted by Crippen LogP contribution is -2.64. The second-order valence-electron chi connectivity index (χ2n) is 9.04. The third-order valence-corrected chi connectivity index (χ3v) is 5.02. The van der Waals surface area contributed by atoms with Crippen LogP contribution in [0.15, 0.2) is 42.7 Å². The Morgan fingerprint density at radius 1 is 1.08 bits per heavy atom. The van der Waals surface area contributed by atoms with Crippen LogP contribution in [0.3, 0.4) is 0 Å². The molecule has 1 aromatic carbocycles. The van der Waals surface area contributed by atoms with Crippen LogP contribution < -0.4 is 21.1 Å². The molecule has 0 spiro atoms. The number of carbonyl (C=O) groups is 5. The molecule has 0 aliphatic rings. The van der Waals surface area contributed by atoms with Gasteiger partial charge in [-0.05, 0) is 43.4 Å². The number of aliphatic carboxylic acids is 1. The Bertz CT molecular complexity index is 951. The van der Waals surface area contributed by atoms with Gasteiger partial charge in [-0.1, -0.05) is 39.0 Å². The average Bonchev–Trinajstić information content (AvgIpc) is 2.82. The molecule has 212 valence electrons. The minimum atomic E-state index is -1.80. The molecule has 38 heavy (non-hydrogen) atoms. The zero-order chi connectivity index (χ0) is 29.3. The van der Waals surface area contributed by atoms with E-state index in [1.54, 1.807) is 31.2 Å². The minimum Gasteiger partial charge on any atom is -0.493 e. The van der Waals surface area contributed by atoms with Crippen LogP contribution in [0.25, 0.3) is 0 Å². The summed E-state index contributed by atoms with van der Waals surface area (Å²) in [6, 6.07) is 8.91. The zero-order valence-electron chi connectivity index (χ0n) is 22.3. The Kier molecular flexibility index (Phi) is 15.7. The van der Waals surface area contributed by atoms with Crippen LogP contribution in [0.2, 0.25) is 0 Å². The fourth-order valence-electron chi connectivity index (χ4n) is 3.22. The molecule has 6 N–H and O–H groups in total. The first-order valence-electron chi connectivity index (χ1n) is 12.0. The van der Waals surface area contributed by atoms with Gasteiger partial charge in [0, 0.05) is 19.4 Å². The maximum Gasteiger partial charge on any atom is 0.404 e. The molecule has 2 atom stereocenters. The maximum absolute atomic E-state index is 12.8. The molecule has 12 nitrogen and oxygen atoms in total. The molecule has 2 unspecified atom stereocenters. The SMILES string of the molecule is C=C(OC)C(=O)O.CC(C)CC(N)(NC(=O)CC(C)CCNC(=O)O)C(=O)C(=O)CCOc1ccccc1. The Balaban J connectivity index is 0.00000171. The number of rotatable bonds is 16. The van der Waals surface area contributed by atoms with Gasteiger partial charge in [0.05, 0.1) is 13.7 Å². The van der Waals surface area contributed by atoms with E-state index >= 15 is 0 Å². The number of hydrogen-bond acceptors (Lipinski definition) is 8. The summed E-state index contributed by atoms with van der Waals surface area (Å²) in [5.74, 6) is -2.98. The summed E-state index contributed by atoms with van der Waals surface area (Å²) in [6.07, 6.45) is -0.674. The average molecular weight is 538 g/mol. The number of carbonyl (C=O) groups excluding carboxylic acids is 3. The van der Waals surface area contributed by atoms with Gasteiger partial charge in [0.25, 0.3) is 0 Å². The summed E-state index contributed by atoms with van der Waals surface area (Å²) in [5, 5.41) is 21.3. The van der Waals surface area contributed by atoms with E-state index in [0.717, 1.165) is 0 Å². The molecule has 2 amide bonds. The molecule has 0 fully saturated rings. The third kappa shape index (κ3) is 14.6. The Hall–Kier alpha value is -3.93. The van der Waals surface area contributed by atoms with Crippen molar-refractivity contribution < 1.29 is 43.7 Å². The van der Waals surface area contributed by atoms with Gasteiger partial charge in [0.15, 0.2) is 11.4 Å². The summed E-state index contributed by atoms with van der Waals surface area (Å²) >= 11 is 0. The number of amides is 2. The van der Waals surface area contributed by atoms with Crippen LogP contribution in [0.4, 0.5) is 4.79 Å². The number of carboxylic acid groups (broad SMARTS) is 2. The number of methoxy groups -OCH3 is 1. The molecule has 0 aliphatic carbocycles. The summed E-state index contributed by atoms with van der Waals surface area (Å²) < 4.78 is 9.68. The van der Waals surface area contributed by atoms with Gasteiger partial charge in [-0.2, -0.15) is 0 Å². The molecule has 0 radical (unpaired) electrons. The lowest BCUT2D eigenvalue weighted by molar-refractivity contribution is -0.143. The molecule has 0 aromatic heterocycles. The summed E-state index contributed by atoms with van der Waals surface area (Å²) in [6.45, 7) is 8.75. The quantitative estimate of drug-likeness (QED) is 0.0903. The number of para-hydroxylation sites is 1. The molecule has 1 rings (SSSR count). The molecule has 0 bridgehead atoms. The van der Waals surface area contributed by atoms with E-state index in [1.165, 1.54) is 7.11 Å². The highest BCUT2D eigenvalue weighted by molar-refractivity contribution is 6.40. The predicted molar refractivity (Wildman–Crippen MR) is 139 cm³/mol. The van der Waals surface area contributed by atoms with E-state index in [9.17, 15) is 24.0 Å². The minimum absolute atomic E-state index is 0.0217. The summed E-state index contributed by atoms with van der Waals surface area (Å²) in [7, 11) is 1.26. The third-order valence-electron chi connectivity index (χ3n) is 5.02. The van der Waals surface area contributed by atoms with Crippen molar-refractivity contribution in [3.8, 4) is 5.75 Å². The molecule has 0 heterocycles. The van der Waals surface area contributed by atoms with Crippen molar-refractivity contribution in [1.29, 1.82) is 0 Å². The molecule has 0 saturated heterocycles. The Morgan fingerprint density at radius 3 is 2.16 bits per heavy atom. The van der Waals surface area contributed by atoms with Crippen molar-refractivity contribution in [2.75, 3.05) is 20.3 Å². The Morgan fingerprint density at radius 2 is 1.68 bits per heavy atom. The predicted octanol–water partition coefficient (Wildman–Crippen LogP) is 2.33. The molecule has 0 saturated carbocycles. The Labute approximate surface area is 222 Å². The van der Waals surface area contributed by atoms with Crippen LogP contribution in [-0.4, -0.2) is 65.7 Å². The smallest absolute Gasteiger partial charge is 0.404 e. The highest BCUT2D eigenvalue weighted by Crippen LogP contribution is 2.16. The fraction of sp³-hybridized carbons (Fsp3) is 0.500. The van der Waals surface area contributed by atoms with E-state index in [4.69, 9.17) is 20.7 Å². The van der Waals surface area contributed by atoms with Gasteiger partial charge in [-0.25, -0.2) is 9.59 Å². The van der Waals surface area contributed by atoms with E-state index in [1.807, 2.05) is 19.9 Å². The summed E-state index contributed by atoms with van der Waals surface area (Å²) in [5.41, 5.74) is 4.41. The number of carboxylic acids is 1. The van der Waals surface area contributed by atoms with Gasteiger partial charge < -0.3 is 36.1 Å². The number of hydrogen-bond donors (Lipinski definition) is 5. The molecule has 0 aliphatic heterocycles. The van der Waals surface area contributed by atoms with Gasteiger partial charge in [-0.3, -0.25) is 14.4 Å². The van der Waals surface area contributed by atoms with Gasteiger partial charge >= 0.3 is 12.1 Å². The number of nitrogens with two attached hydrogens (primary N) is 1. The van der Waals surface area contributed by atoms with Gasteiger partial charge in [-0.15, -0.1) is 0 Å². The van der Waals surface area contributed by atoms with E-state index < -0.39 is 35.2 Å². The zero-order valence-corrected chi connectivity index (χ0v) is 22.3. The number of ether oxygens (including phenoxy) is 2. The van der Waals surface area contributed by atoms with E-state index in [2.05, 4.69) is 21.9 Å². The first kappa shape index (κ1) is 34.1. The fourth-order valence-corrected chi connectivity index (χ4v) is 3.22. The summed E-state index contributed by atoms with van der Waals surface area (Å²) in [4.78, 5) is 57.9. The standard InChI is InChI=1S/C22H33N3O6.C4H6O3/c1-15(2)14-22(23,25-19(27)13-16(3)9-11-24-21(29)30)20(28)18(26)10-12-31-17-7-5-4-6-8-17;1-3(7-2)4(5)6/h4-8,15-16,24H,9-14,23H2,1-3H3,(H,25,27)(H,29,30);1H2,2H3,(H,5,6). The van der Waals surface area contributed by atoms with Crippen LogP contribution in [0.5, 0.6) is 5.75 Å². The van der Waals surface area contributed by atoms with Crippen molar-refractivity contribution in [2.24, 2.45) is 17.6 Å². The van der Waals surface area contributed by atoms with Crippen molar-refractivity contribution in [1.82, 2.24) is 10.6 Å². The van der Waals surface area contributed by atoms with E-state index in [-0.39, 0.29) is 50.0 Å². The number of benzene rings is 1.